The van der Waals surface area contributed by atoms with Gasteiger partial charge in [-0.05, 0) is 25.0 Å². The van der Waals surface area contributed by atoms with Crippen molar-refractivity contribution in [1.29, 1.82) is 5.26 Å². The van der Waals surface area contributed by atoms with Gasteiger partial charge < -0.3 is 0 Å². The first-order valence-electron chi connectivity index (χ1n) is 5.24. The number of nitriles is 1. The topological polar surface area (TPSA) is 79.5 Å². The van der Waals surface area contributed by atoms with E-state index >= 15 is 0 Å². The summed E-state index contributed by atoms with van der Waals surface area (Å²) in [6.45, 7) is 3.57. The van der Waals surface area contributed by atoms with Crippen molar-refractivity contribution < 1.29 is 12.7 Å². The third kappa shape index (κ3) is 4.04. The Morgan fingerprint density at radius 3 is 2.88 bits per heavy atom. The Morgan fingerprint density at radius 2 is 2.29 bits per heavy atom. The van der Waals surface area contributed by atoms with E-state index in [4.69, 9.17) is 5.26 Å². The molecule has 0 saturated carbocycles. The fourth-order valence-electron chi connectivity index (χ4n) is 1.30. The predicted octanol–water partition coefficient (Wildman–Crippen LogP) is 1.75. The van der Waals surface area contributed by atoms with Crippen LogP contribution < -0.4 is 0 Å². The molecule has 1 atom stereocenters. The molecule has 0 saturated heterocycles. The highest BCUT2D eigenvalue weighted by Gasteiger charge is 2.17. The molecule has 0 heterocycles. The first-order chi connectivity index (χ1) is 7.98. The van der Waals surface area contributed by atoms with Crippen LogP contribution in [0.25, 0.3) is 0 Å². The average Bonchev–Trinajstić information content (AvgIpc) is 2.27. The Hall–Kier alpha value is -1.61. The number of rotatable bonds is 4. The number of nitrogens with zero attached hydrogens (tertiary/aromatic N) is 2. The van der Waals surface area contributed by atoms with Gasteiger partial charge in [-0.25, -0.2) is 0 Å². The molecule has 0 N–H and O–H groups in total. The van der Waals surface area contributed by atoms with Gasteiger partial charge in [0, 0.05) is 0 Å². The summed E-state index contributed by atoms with van der Waals surface area (Å²) in [7, 11) is -3.63. The number of oxime groups is 1. The lowest BCUT2D eigenvalue weighted by molar-refractivity contribution is 0.337. The van der Waals surface area contributed by atoms with E-state index in [0.29, 0.717) is 12.1 Å². The van der Waals surface area contributed by atoms with Gasteiger partial charge in [0.05, 0.1) is 11.8 Å². The maximum atomic E-state index is 11.3. The molecular formula is C11H14N2O3S. The van der Waals surface area contributed by atoms with Gasteiger partial charge in [0.1, 0.15) is 11.6 Å². The summed E-state index contributed by atoms with van der Waals surface area (Å²) in [5.41, 5.74) is 1.21. The number of hydrogen-bond donors (Lipinski definition) is 0. The average molecular weight is 254 g/mol. The predicted molar refractivity (Wildman–Crippen MR) is 64.6 cm³/mol. The van der Waals surface area contributed by atoms with E-state index in [1.165, 1.54) is 0 Å². The molecule has 0 spiro atoms. The number of allylic oxidation sites excluding steroid dienone is 4. The minimum Gasteiger partial charge on any atom is -0.268 e. The first-order valence-corrected chi connectivity index (χ1v) is 6.81. The van der Waals surface area contributed by atoms with Gasteiger partial charge in [-0.3, -0.25) is 4.28 Å². The summed E-state index contributed by atoms with van der Waals surface area (Å²) in [6.07, 6.45) is 5.54. The van der Waals surface area contributed by atoms with Crippen LogP contribution in [0.1, 0.15) is 20.3 Å². The maximum absolute atomic E-state index is 11.3. The molecular weight excluding hydrogens is 240 g/mol. The molecule has 0 aliphatic heterocycles. The van der Waals surface area contributed by atoms with Crippen molar-refractivity contribution in [2.24, 2.45) is 11.1 Å². The molecule has 92 valence electrons. The fraction of sp³-hybridized carbons (Fsp3) is 0.455. The molecule has 0 fully saturated rings. The van der Waals surface area contributed by atoms with Crippen LogP contribution in [0.3, 0.4) is 0 Å². The van der Waals surface area contributed by atoms with Crippen LogP contribution in [0, 0.1) is 17.2 Å². The summed E-state index contributed by atoms with van der Waals surface area (Å²) in [6, 6.07) is 2.01. The van der Waals surface area contributed by atoms with Crippen LogP contribution in [0.15, 0.2) is 29.0 Å². The van der Waals surface area contributed by atoms with E-state index in [0.717, 1.165) is 5.57 Å². The Balaban J connectivity index is 2.85. The Morgan fingerprint density at radius 1 is 1.59 bits per heavy atom. The lowest BCUT2D eigenvalue weighted by Gasteiger charge is -2.09. The molecule has 17 heavy (non-hydrogen) atoms. The maximum Gasteiger partial charge on any atom is 0.328 e. The summed E-state index contributed by atoms with van der Waals surface area (Å²) < 4.78 is 27.1. The van der Waals surface area contributed by atoms with E-state index in [2.05, 4.69) is 9.44 Å². The van der Waals surface area contributed by atoms with Crippen LogP contribution in [-0.2, 0) is 14.4 Å². The van der Waals surface area contributed by atoms with Crippen molar-refractivity contribution in [3.05, 3.63) is 23.8 Å². The third-order valence-electron chi connectivity index (χ3n) is 2.10. The Bertz CT molecular complexity index is 509. The van der Waals surface area contributed by atoms with Crippen LogP contribution in [0.2, 0.25) is 0 Å². The highest BCUT2D eigenvalue weighted by molar-refractivity contribution is 7.86. The molecule has 0 amide bonds. The van der Waals surface area contributed by atoms with Gasteiger partial charge in [-0.1, -0.05) is 24.2 Å². The standard InChI is InChI=1S/C11H14N2O3S/c1-3-6-17(14,15)16-13-11-7-9(2)4-5-10(11)8-12/h4-5,7,10H,3,6H2,1-2H3. The van der Waals surface area contributed by atoms with Crippen molar-refractivity contribution in [3.8, 4) is 6.07 Å². The van der Waals surface area contributed by atoms with E-state index in [9.17, 15) is 8.42 Å². The summed E-state index contributed by atoms with van der Waals surface area (Å²) in [5, 5.41) is 12.4. The van der Waals surface area contributed by atoms with Gasteiger partial charge in [0.25, 0.3) is 0 Å². The van der Waals surface area contributed by atoms with Crippen molar-refractivity contribution in [3.63, 3.8) is 0 Å². The molecule has 0 radical (unpaired) electrons. The molecule has 5 nitrogen and oxygen atoms in total. The zero-order chi connectivity index (χ0) is 12.9. The smallest absolute Gasteiger partial charge is 0.268 e. The van der Waals surface area contributed by atoms with Gasteiger partial charge in [0.15, 0.2) is 0 Å². The third-order valence-corrected chi connectivity index (χ3v) is 3.31. The normalized spacial score (nSPS) is 22.1. The first kappa shape index (κ1) is 13.5. The molecule has 0 aromatic rings. The van der Waals surface area contributed by atoms with Crippen molar-refractivity contribution in [2.45, 2.75) is 20.3 Å². The molecule has 1 unspecified atom stereocenters. The molecule has 0 bridgehead atoms. The monoisotopic (exact) mass is 254 g/mol. The molecule has 6 heteroatoms. The van der Waals surface area contributed by atoms with E-state index < -0.39 is 16.0 Å². The Labute approximate surface area is 101 Å². The number of hydrogen-bond acceptors (Lipinski definition) is 5. The molecule has 0 aromatic carbocycles. The van der Waals surface area contributed by atoms with Crippen molar-refractivity contribution >= 4 is 15.8 Å². The van der Waals surface area contributed by atoms with Gasteiger partial charge in [0.2, 0.25) is 0 Å². The SMILES string of the molecule is CCCS(=O)(=O)ON=C1C=C(C)C=CC1C#N. The fourth-order valence-corrected chi connectivity index (χ4v) is 2.07. The largest absolute Gasteiger partial charge is 0.328 e. The zero-order valence-electron chi connectivity index (χ0n) is 9.75. The van der Waals surface area contributed by atoms with E-state index in [1.807, 2.05) is 13.0 Å². The zero-order valence-corrected chi connectivity index (χ0v) is 10.6. The second kappa shape index (κ2) is 5.64. The molecule has 1 rings (SSSR count). The van der Waals surface area contributed by atoms with Crippen LogP contribution >= 0.6 is 0 Å². The van der Waals surface area contributed by atoms with Crippen molar-refractivity contribution in [2.75, 3.05) is 5.75 Å². The van der Waals surface area contributed by atoms with Crippen LogP contribution in [0.5, 0.6) is 0 Å². The second-order valence-corrected chi connectivity index (χ2v) is 5.38. The van der Waals surface area contributed by atoms with E-state index in [1.54, 1.807) is 25.2 Å². The lowest BCUT2D eigenvalue weighted by atomic mass is 9.97. The molecule has 1 aliphatic carbocycles. The minimum absolute atomic E-state index is 0.0838. The van der Waals surface area contributed by atoms with Gasteiger partial charge in [-0.15, -0.1) is 0 Å². The highest BCUT2D eigenvalue weighted by Crippen LogP contribution is 2.14. The van der Waals surface area contributed by atoms with Gasteiger partial charge >= 0.3 is 10.1 Å². The van der Waals surface area contributed by atoms with E-state index in [-0.39, 0.29) is 5.75 Å². The Kier molecular flexibility index (Phi) is 4.46. The second-order valence-electron chi connectivity index (χ2n) is 3.71. The summed E-state index contributed by atoms with van der Waals surface area (Å²) in [4.78, 5) is 0. The minimum atomic E-state index is -3.63. The summed E-state index contributed by atoms with van der Waals surface area (Å²) in [5.74, 6) is -0.643. The van der Waals surface area contributed by atoms with Crippen LogP contribution in [0.4, 0.5) is 0 Å². The lowest BCUT2D eigenvalue weighted by Crippen LogP contribution is -2.14. The summed E-state index contributed by atoms with van der Waals surface area (Å²) >= 11 is 0. The quantitative estimate of drug-likeness (QED) is 0.716. The van der Waals surface area contributed by atoms with Crippen molar-refractivity contribution in [1.82, 2.24) is 0 Å². The highest BCUT2D eigenvalue weighted by atomic mass is 32.2. The van der Waals surface area contributed by atoms with Crippen LogP contribution in [-0.4, -0.2) is 19.9 Å². The van der Waals surface area contributed by atoms with Gasteiger partial charge in [-0.2, -0.15) is 13.7 Å². The molecule has 1 aliphatic rings. The molecule has 0 aromatic heterocycles.